The smallest absolute Gasteiger partial charge is 0.273 e. The van der Waals surface area contributed by atoms with Gasteiger partial charge in [-0.2, -0.15) is 4.98 Å². The first-order valence-corrected chi connectivity index (χ1v) is 13.0. The van der Waals surface area contributed by atoms with Crippen molar-refractivity contribution in [3.63, 3.8) is 0 Å². The highest BCUT2D eigenvalue weighted by Gasteiger charge is 2.28. The summed E-state index contributed by atoms with van der Waals surface area (Å²) in [6, 6.07) is 5.90. The van der Waals surface area contributed by atoms with Crippen molar-refractivity contribution in [2.75, 3.05) is 29.9 Å². The van der Waals surface area contributed by atoms with Crippen LogP contribution in [-0.4, -0.2) is 46.0 Å². The fraction of sp³-hybridized carbons (Fsp3) is 0.480. The first-order valence-electron chi connectivity index (χ1n) is 12.2. The molecular formula is C25H32N6O3S. The Bertz CT molecular complexity index is 1280. The van der Waals surface area contributed by atoms with Gasteiger partial charge in [-0.25, -0.2) is 4.98 Å². The fourth-order valence-electron chi connectivity index (χ4n) is 4.38. The van der Waals surface area contributed by atoms with Gasteiger partial charge in [-0.15, -0.1) is 0 Å². The Kier molecular flexibility index (Phi) is 7.80. The highest BCUT2D eigenvalue weighted by Crippen LogP contribution is 2.29. The van der Waals surface area contributed by atoms with Gasteiger partial charge in [-0.1, -0.05) is 43.4 Å². The quantitative estimate of drug-likeness (QED) is 0.496. The number of fused-ring (bicyclic) bond motifs is 1. The van der Waals surface area contributed by atoms with Gasteiger partial charge in [0, 0.05) is 25.3 Å². The standard InChI is InChI=1S/C25H32N6O3S/c1-4-11-26-23(33)18-10-7-12-30(13-18)25-29-22-21(35-25)24(34)31(15-27-22)14-19(32)28-20-16(3)8-6-9-17(20)5-2/h6,8-9,15,18H,4-5,7,10-14H2,1-3H3,(H,26,33)(H,28,32)/t18-/m0/s1. The van der Waals surface area contributed by atoms with Crippen molar-refractivity contribution in [1.29, 1.82) is 0 Å². The molecule has 1 saturated heterocycles. The number of thiazole rings is 1. The van der Waals surface area contributed by atoms with Gasteiger partial charge in [0.25, 0.3) is 5.56 Å². The summed E-state index contributed by atoms with van der Waals surface area (Å²) in [5.41, 5.74) is 2.91. The zero-order chi connectivity index (χ0) is 24.9. The molecule has 0 bridgehead atoms. The number of aromatic nitrogens is 3. The van der Waals surface area contributed by atoms with Gasteiger partial charge in [0.2, 0.25) is 11.8 Å². The summed E-state index contributed by atoms with van der Waals surface area (Å²) >= 11 is 1.27. The van der Waals surface area contributed by atoms with Crippen molar-refractivity contribution in [2.24, 2.45) is 5.92 Å². The van der Waals surface area contributed by atoms with Crippen LogP contribution >= 0.6 is 11.3 Å². The van der Waals surface area contributed by atoms with Crippen molar-refractivity contribution in [1.82, 2.24) is 19.9 Å². The number of rotatable bonds is 8. The van der Waals surface area contributed by atoms with E-state index >= 15 is 0 Å². The van der Waals surface area contributed by atoms with Crippen LogP contribution < -0.4 is 21.1 Å². The number of hydrogen-bond acceptors (Lipinski definition) is 7. The monoisotopic (exact) mass is 496 g/mol. The maximum atomic E-state index is 13.1. The molecule has 1 aliphatic heterocycles. The van der Waals surface area contributed by atoms with E-state index in [1.165, 1.54) is 22.2 Å². The van der Waals surface area contributed by atoms with E-state index in [2.05, 4.69) is 25.5 Å². The van der Waals surface area contributed by atoms with Crippen LogP contribution in [0.3, 0.4) is 0 Å². The number of benzene rings is 1. The van der Waals surface area contributed by atoms with Gasteiger partial charge in [0.05, 0.1) is 5.92 Å². The van der Waals surface area contributed by atoms with Gasteiger partial charge >= 0.3 is 0 Å². The molecule has 0 unspecified atom stereocenters. The number of nitrogens with zero attached hydrogens (tertiary/aromatic N) is 4. The average Bonchev–Trinajstić information content (AvgIpc) is 3.31. The number of para-hydroxylation sites is 1. The average molecular weight is 497 g/mol. The summed E-state index contributed by atoms with van der Waals surface area (Å²) in [6.45, 7) is 7.92. The molecule has 0 saturated carbocycles. The third-order valence-corrected chi connectivity index (χ3v) is 7.40. The lowest BCUT2D eigenvalue weighted by atomic mass is 9.97. The molecule has 1 aromatic carbocycles. The number of nitrogens with one attached hydrogen (secondary N) is 2. The van der Waals surface area contributed by atoms with E-state index in [9.17, 15) is 14.4 Å². The lowest BCUT2D eigenvalue weighted by molar-refractivity contribution is -0.125. The second-order valence-corrected chi connectivity index (χ2v) is 9.89. The second-order valence-electron chi connectivity index (χ2n) is 8.91. The zero-order valence-corrected chi connectivity index (χ0v) is 21.3. The molecule has 3 heterocycles. The summed E-state index contributed by atoms with van der Waals surface area (Å²) in [6.07, 6.45) is 4.81. The van der Waals surface area contributed by atoms with Crippen molar-refractivity contribution in [2.45, 2.75) is 53.0 Å². The maximum Gasteiger partial charge on any atom is 0.273 e. The molecule has 1 aliphatic rings. The lowest BCUT2D eigenvalue weighted by Crippen LogP contribution is -2.43. The SMILES string of the molecule is CCCNC(=O)[C@H]1CCCN(c2nc3ncn(CC(=O)Nc4c(C)cccc4CC)c(=O)c3s2)C1. The van der Waals surface area contributed by atoms with Gasteiger partial charge < -0.3 is 15.5 Å². The summed E-state index contributed by atoms with van der Waals surface area (Å²) in [5, 5.41) is 6.62. The van der Waals surface area contributed by atoms with Crippen LogP contribution in [0.4, 0.5) is 10.8 Å². The first-order chi connectivity index (χ1) is 16.9. The van der Waals surface area contributed by atoms with E-state index in [4.69, 9.17) is 0 Å². The van der Waals surface area contributed by atoms with Crippen molar-refractivity contribution < 1.29 is 9.59 Å². The molecule has 1 atom stereocenters. The molecule has 0 spiro atoms. The van der Waals surface area contributed by atoms with E-state index in [0.717, 1.165) is 49.0 Å². The number of carbonyl (C=O) groups is 2. The largest absolute Gasteiger partial charge is 0.356 e. The Labute approximate surface area is 208 Å². The van der Waals surface area contributed by atoms with Crippen LogP contribution in [0.15, 0.2) is 29.3 Å². The van der Waals surface area contributed by atoms with Gasteiger partial charge in [-0.05, 0) is 43.7 Å². The van der Waals surface area contributed by atoms with Crippen LogP contribution in [0.5, 0.6) is 0 Å². The van der Waals surface area contributed by atoms with Crippen molar-refractivity contribution >= 4 is 44.3 Å². The van der Waals surface area contributed by atoms with Crippen LogP contribution in [0.2, 0.25) is 0 Å². The lowest BCUT2D eigenvalue weighted by Gasteiger charge is -2.31. The molecule has 2 aromatic heterocycles. The van der Waals surface area contributed by atoms with Crippen molar-refractivity contribution in [3.05, 3.63) is 46.0 Å². The maximum absolute atomic E-state index is 13.1. The molecule has 0 radical (unpaired) electrons. The van der Waals surface area contributed by atoms with Crippen LogP contribution in [0, 0.1) is 12.8 Å². The Morgan fingerprint density at radius 2 is 2.09 bits per heavy atom. The Morgan fingerprint density at radius 1 is 1.26 bits per heavy atom. The first kappa shape index (κ1) is 24.8. The predicted octanol–water partition coefficient (Wildman–Crippen LogP) is 3.11. The number of hydrogen-bond donors (Lipinski definition) is 2. The van der Waals surface area contributed by atoms with Crippen molar-refractivity contribution in [3.8, 4) is 0 Å². The minimum absolute atomic E-state index is 0.0732. The van der Waals surface area contributed by atoms with E-state index in [1.807, 2.05) is 39.0 Å². The topological polar surface area (TPSA) is 109 Å². The van der Waals surface area contributed by atoms with Gasteiger partial charge in [0.1, 0.15) is 17.6 Å². The Morgan fingerprint density at radius 3 is 2.86 bits per heavy atom. The number of anilines is 2. The minimum Gasteiger partial charge on any atom is -0.356 e. The number of carbonyl (C=O) groups excluding carboxylic acids is 2. The Hall–Kier alpha value is -3.27. The molecule has 2 N–H and O–H groups in total. The molecule has 1 fully saturated rings. The molecule has 3 aromatic rings. The summed E-state index contributed by atoms with van der Waals surface area (Å²) in [5.74, 6) is -0.298. The highest BCUT2D eigenvalue weighted by molar-refractivity contribution is 7.22. The summed E-state index contributed by atoms with van der Waals surface area (Å²) in [4.78, 5) is 49.3. The zero-order valence-electron chi connectivity index (χ0n) is 20.5. The third-order valence-electron chi connectivity index (χ3n) is 6.30. The van der Waals surface area contributed by atoms with E-state index in [1.54, 1.807) is 0 Å². The summed E-state index contributed by atoms with van der Waals surface area (Å²) in [7, 11) is 0. The van der Waals surface area contributed by atoms with E-state index in [-0.39, 0.29) is 29.8 Å². The number of aryl methyl sites for hydroxylation is 2. The minimum atomic E-state index is -0.288. The van der Waals surface area contributed by atoms with Crippen LogP contribution in [0.25, 0.3) is 10.3 Å². The molecular weight excluding hydrogens is 464 g/mol. The number of piperidine rings is 1. The molecule has 10 heteroatoms. The highest BCUT2D eigenvalue weighted by atomic mass is 32.1. The Balaban J connectivity index is 1.50. The van der Waals surface area contributed by atoms with Crippen LogP contribution in [-0.2, 0) is 22.6 Å². The second kappa shape index (κ2) is 11.0. The molecule has 2 amide bonds. The predicted molar refractivity (Wildman–Crippen MR) is 139 cm³/mol. The molecule has 9 nitrogen and oxygen atoms in total. The van der Waals surface area contributed by atoms with E-state index in [0.29, 0.717) is 28.6 Å². The number of amides is 2. The fourth-order valence-corrected chi connectivity index (χ4v) is 5.38. The molecule has 35 heavy (non-hydrogen) atoms. The van der Waals surface area contributed by atoms with Crippen LogP contribution in [0.1, 0.15) is 44.2 Å². The van der Waals surface area contributed by atoms with Gasteiger partial charge in [-0.3, -0.25) is 19.0 Å². The van der Waals surface area contributed by atoms with E-state index < -0.39 is 0 Å². The molecule has 186 valence electrons. The third kappa shape index (κ3) is 5.53. The summed E-state index contributed by atoms with van der Waals surface area (Å²) < 4.78 is 1.73. The molecule has 0 aliphatic carbocycles. The molecule has 4 rings (SSSR count). The van der Waals surface area contributed by atoms with Gasteiger partial charge in [0.15, 0.2) is 10.8 Å². The normalized spacial score (nSPS) is 15.9.